The zero-order valence-electron chi connectivity index (χ0n) is 8.87. The molecule has 0 bridgehead atoms. The van der Waals surface area contributed by atoms with Gasteiger partial charge in [-0.3, -0.25) is 4.98 Å². The van der Waals surface area contributed by atoms with Gasteiger partial charge in [-0.2, -0.15) is 0 Å². The summed E-state index contributed by atoms with van der Waals surface area (Å²) in [6.45, 7) is 0. The average molecular weight is 233 g/mol. The molecule has 5 nitrogen and oxygen atoms in total. The van der Waals surface area contributed by atoms with Gasteiger partial charge in [0.05, 0.1) is 11.1 Å². The monoisotopic (exact) mass is 233 g/mol. The quantitative estimate of drug-likeness (QED) is 0.682. The lowest BCUT2D eigenvalue weighted by Crippen LogP contribution is -2.08. The van der Waals surface area contributed by atoms with Gasteiger partial charge in [0.1, 0.15) is 0 Å². The van der Waals surface area contributed by atoms with Gasteiger partial charge in [-0.05, 0) is 23.8 Å². The van der Waals surface area contributed by atoms with Crippen molar-refractivity contribution in [3.63, 3.8) is 0 Å². The summed E-state index contributed by atoms with van der Waals surface area (Å²) in [6, 6.07) is 6.40. The van der Waals surface area contributed by atoms with E-state index < -0.39 is 12.3 Å². The van der Waals surface area contributed by atoms with E-state index in [1.807, 2.05) is 0 Å². The van der Waals surface area contributed by atoms with Gasteiger partial charge < -0.3 is 15.3 Å². The number of carbonyl (C=O) groups is 1. The largest absolute Gasteiger partial charge is 0.478 e. The van der Waals surface area contributed by atoms with Gasteiger partial charge >= 0.3 is 5.97 Å². The number of nitrogens with zero attached hydrogens (tertiary/aromatic N) is 1. The Labute approximate surface area is 97.0 Å². The molecule has 0 saturated carbocycles. The van der Waals surface area contributed by atoms with E-state index in [1.54, 1.807) is 18.2 Å². The van der Waals surface area contributed by atoms with Crippen molar-refractivity contribution in [1.82, 2.24) is 4.98 Å². The van der Waals surface area contributed by atoms with Crippen molar-refractivity contribution in [1.29, 1.82) is 0 Å². The van der Waals surface area contributed by atoms with Crippen molar-refractivity contribution in [2.24, 2.45) is 0 Å². The molecule has 3 N–H and O–H groups in total. The maximum absolute atomic E-state index is 11.0. The van der Waals surface area contributed by atoms with Gasteiger partial charge in [0.25, 0.3) is 0 Å². The molecule has 0 spiro atoms. The number of hydrogen-bond acceptors (Lipinski definition) is 4. The van der Waals surface area contributed by atoms with Crippen molar-refractivity contribution >= 4 is 16.9 Å². The summed E-state index contributed by atoms with van der Waals surface area (Å²) < 4.78 is 0. The zero-order chi connectivity index (χ0) is 12.4. The van der Waals surface area contributed by atoms with E-state index in [-0.39, 0.29) is 12.0 Å². The molecule has 2 rings (SSSR count). The lowest BCUT2D eigenvalue weighted by Gasteiger charge is -2.06. The van der Waals surface area contributed by atoms with Crippen LogP contribution in [0.5, 0.6) is 0 Å². The molecular formula is C12H11NO4. The van der Waals surface area contributed by atoms with Gasteiger partial charge in [0.2, 0.25) is 0 Å². The van der Waals surface area contributed by atoms with Gasteiger partial charge in [-0.15, -0.1) is 0 Å². The van der Waals surface area contributed by atoms with E-state index in [0.717, 1.165) is 0 Å². The molecule has 0 aliphatic heterocycles. The molecule has 5 heteroatoms. The van der Waals surface area contributed by atoms with E-state index in [4.69, 9.17) is 15.3 Å². The van der Waals surface area contributed by atoms with Crippen LogP contribution in [-0.4, -0.2) is 32.6 Å². The predicted octanol–water partition coefficient (Wildman–Crippen LogP) is 0.786. The molecule has 0 fully saturated rings. The summed E-state index contributed by atoms with van der Waals surface area (Å²) in [5.41, 5.74) is 1.38. The number of pyridine rings is 1. The molecule has 88 valence electrons. The smallest absolute Gasteiger partial charge is 0.336 e. The molecule has 2 aromatic rings. The molecule has 0 amide bonds. The third-order valence-electron chi connectivity index (χ3n) is 2.45. The standard InChI is InChI=1S/C12H11NO4/c14-11(15)6-7-1-2-10-9(5-7)8(12(16)17)3-4-13-10/h1-5,11,14-15H,6H2,(H,16,17). The SMILES string of the molecule is O=C(O)c1ccnc2ccc(CC(O)O)cc12. The Kier molecular flexibility index (Phi) is 3.03. The van der Waals surface area contributed by atoms with Crippen LogP contribution in [0.3, 0.4) is 0 Å². The van der Waals surface area contributed by atoms with Crippen LogP contribution in [0.4, 0.5) is 0 Å². The Morgan fingerprint density at radius 3 is 2.71 bits per heavy atom. The van der Waals surface area contributed by atoms with E-state index in [1.165, 1.54) is 12.3 Å². The van der Waals surface area contributed by atoms with Crippen LogP contribution in [0.2, 0.25) is 0 Å². The Morgan fingerprint density at radius 2 is 2.06 bits per heavy atom. The molecule has 17 heavy (non-hydrogen) atoms. The highest BCUT2D eigenvalue weighted by molar-refractivity contribution is 6.02. The van der Waals surface area contributed by atoms with Crippen molar-refractivity contribution < 1.29 is 20.1 Å². The van der Waals surface area contributed by atoms with Gasteiger partial charge in [0.15, 0.2) is 6.29 Å². The van der Waals surface area contributed by atoms with Crippen LogP contribution in [0, 0.1) is 0 Å². The second kappa shape index (κ2) is 4.48. The van der Waals surface area contributed by atoms with Crippen molar-refractivity contribution in [3.8, 4) is 0 Å². The molecule has 0 atom stereocenters. The van der Waals surface area contributed by atoms with Gasteiger partial charge in [0, 0.05) is 18.0 Å². The predicted molar refractivity (Wildman–Crippen MR) is 60.6 cm³/mol. The van der Waals surface area contributed by atoms with E-state index in [0.29, 0.717) is 16.5 Å². The van der Waals surface area contributed by atoms with Crippen molar-refractivity contribution in [2.75, 3.05) is 0 Å². The minimum atomic E-state index is -1.45. The minimum Gasteiger partial charge on any atom is -0.478 e. The summed E-state index contributed by atoms with van der Waals surface area (Å²) >= 11 is 0. The minimum absolute atomic E-state index is 0.0594. The molecular weight excluding hydrogens is 222 g/mol. The number of benzene rings is 1. The Morgan fingerprint density at radius 1 is 1.29 bits per heavy atom. The fourth-order valence-electron chi connectivity index (χ4n) is 1.72. The third-order valence-corrected chi connectivity index (χ3v) is 2.45. The van der Waals surface area contributed by atoms with Crippen LogP contribution in [-0.2, 0) is 6.42 Å². The third kappa shape index (κ3) is 2.41. The van der Waals surface area contributed by atoms with Crippen LogP contribution >= 0.6 is 0 Å². The highest BCUT2D eigenvalue weighted by atomic mass is 16.5. The first-order valence-corrected chi connectivity index (χ1v) is 5.05. The number of aromatic nitrogens is 1. The topological polar surface area (TPSA) is 90.7 Å². The summed E-state index contributed by atoms with van der Waals surface area (Å²) in [7, 11) is 0. The molecule has 0 radical (unpaired) electrons. The fraction of sp³-hybridized carbons (Fsp3) is 0.167. The summed E-state index contributed by atoms with van der Waals surface area (Å²) in [6.07, 6.45) is 0.0494. The van der Waals surface area contributed by atoms with Crippen LogP contribution in [0.15, 0.2) is 30.5 Å². The highest BCUT2D eigenvalue weighted by Gasteiger charge is 2.10. The first kappa shape index (κ1) is 11.5. The number of hydrogen-bond donors (Lipinski definition) is 3. The second-order valence-corrected chi connectivity index (χ2v) is 3.70. The number of fused-ring (bicyclic) bond motifs is 1. The molecule has 0 aliphatic rings. The van der Waals surface area contributed by atoms with Crippen molar-refractivity contribution in [2.45, 2.75) is 12.7 Å². The van der Waals surface area contributed by atoms with Crippen LogP contribution in [0.1, 0.15) is 15.9 Å². The summed E-state index contributed by atoms with van der Waals surface area (Å²) in [4.78, 5) is 15.1. The maximum atomic E-state index is 11.0. The number of aliphatic hydroxyl groups excluding tert-OH is 1. The molecule has 1 heterocycles. The fourth-order valence-corrected chi connectivity index (χ4v) is 1.72. The normalized spacial score (nSPS) is 11.0. The Balaban J connectivity index is 2.57. The number of aromatic carboxylic acids is 1. The van der Waals surface area contributed by atoms with Crippen molar-refractivity contribution in [3.05, 3.63) is 41.6 Å². The second-order valence-electron chi connectivity index (χ2n) is 3.70. The van der Waals surface area contributed by atoms with Gasteiger partial charge in [-0.1, -0.05) is 6.07 Å². The number of carboxylic acid groups (broad SMARTS) is 1. The van der Waals surface area contributed by atoms with E-state index in [2.05, 4.69) is 4.98 Å². The number of rotatable bonds is 3. The average Bonchev–Trinajstić information content (AvgIpc) is 2.27. The zero-order valence-corrected chi connectivity index (χ0v) is 8.87. The first-order valence-electron chi connectivity index (χ1n) is 5.05. The molecule has 0 saturated heterocycles. The molecule has 0 unspecified atom stereocenters. The Hall–Kier alpha value is -1.98. The van der Waals surface area contributed by atoms with Crippen LogP contribution < -0.4 is 0 Å². The molecule has 1 aromatic carbocycles. The van der Waals surface area contributed by atoms with E-state index in [9.17, 15) is 4.79 Å². The molecule has 1 aromatic heterocycles. The highest BCUT2D eigenvalue weighted by Crippen LogP contribution is 2.19. The maximum Gasteiger partial charge on any atom is 0.336 e. The summed E-state index contributed by atoms with van der Waals surface area (Å²) in [5, 5.41) is 27.3. The first-order chi connectivity index (χ1) is 8.08. The lowest BCUT2D eigenvalue weighted by atomic mass is 10.0. The number of aliphatic hydroxyl groups is 2. The summed E-state index contributed by atoms with van der Waals surface area (Å²) in [5.74, 6) is -1.03. The Bertz CT molecular complexity index is 565. The van der Waals surface area contributed by atoms with Crippen LogP contribution in [0.25, 0.3) is 10.9 Å². The number of carboxylic acids is 1. The lowest BCUT2D eigenvalue weighted by molar-refractivity contribution is -0.0381. The van der Waals surface area contributed by atoms with Gasteiger partial charge in [-0.25, -0.2) is 4.79 Å². The molecule has 0 aliphatic carbocycles. The van der Waals surface area contributed by atoms with E-state index >= 15 is 0 Å².